The molecule has 3 rings (SSSR count). The second kappa shape index (κ2) is 4.81. The predicted molar refractivity (Wildman–Crippen MR) is 76.9 cm³/mol. The first-order chi connectivity index (χ1) is 9.65. The molecule has 0 saturated carbocycles. The van der Waals surface area contributed by atoms with Gasteiger partial charge >= 0.3 is 5.97 Å². The van der Waals surface area contributed by atoms with Gasteiger partial charge in [0.2, 0.25) is 0 Å². The van der Waals surface area contributed by atoms with Crippen molar-refractivity contribution in [3.63, 3.8) is 0 Å². The lowest BCUT2D eigenvalue weighted by Crippen LogP contribution is -2.04. The summed E-state index contributed by atoms with van der Waals surface area (Å²) in [7, 11) is 0. The minimum Gasteiger partial charge on any atom is -0.478 e. The van der Waals surface area contributed by atoms with E-state index in [2.05, 4.69) is 18.0 Å². The summed E-state index contributed by atoms with van der Waals surface area (Å²) in [6.07, 6.45) is 5.49. The summed E-state index contributed by atoms with van der Waals surface area (Å²) in [6.45, 7) is 2.11. The molecule has 0 aliphatic heterocycles. The Hall–Kier alpha value is -2.62. The van der Waals surface area contributed by atoms with E-state index in [1.165, 1.54) is 5.56 Å². The quantitative estimate of drug-likeness (QED) is 0.791. The molecule has 1 unspecified atom stereocenters. The molecule has 4 nitrogen and oxygen atoms in total. The van der Waals surface area contributed by atoms with E-state index >= 15 is 0 Å². The van der Waals surface area contributed by atoms with Crippen molar-refractivity contribution in [1.82, 2.24) is 9.55 Å². The molecule has 0 spiro atoms. The van der Waals surface area contributed by atoms with Gasteiger partial charge in [-0.05, 0) is 41.5 Å². The highest BCUT2D eigenvalue weighted by Crippen LogP contribution is 2.23. The van der Waals surface area contributed by atoms with Crippen LogP contribution in [0.15, 0.2) is 55.1 Å². The van der Waals surface area contributed by atoms with Gasteiger partial charge in [0.05, 0.1) is 17.9 Å². The summed E-state index contributed by atoms with van der Waals surface area (Å²) >= 11 is 0. The zero-order valence-corrected chi connectivity index (χ0v) is 11.0. The van der Waals surface area contributed by atoms with Crippen LogP contribution >= 0.6 is 0 Å². The lowest BCUT2D eigenvalue weighted by atomic mass is 10.0. The molecule has 4 heteroatoms. The van der Waals surface area contributed by atoms with Crippen molar-refractivity contribution < 1.29 is 9.90 Å². The second-order valence-electron chi connectivity index (χ2n) is 4.81. The molecule has 0 amide bonds. The van der Waals surface area contributed by atoms with Gasteiger partial charge in [-0.3, -0.25) is 0 Å². The molecule has 1 atom stereocenters. The van der Waals surface area contributed by atoms with Crippen molar-refractivity contribution in [2.45, 2.75) is 13.0 Å². The Balaban J connectivity index is 2.03. The Labute approximate surface area is 116 Å². The number of hydrogen-bond donors (Lipinski definition) is 1. The molecule has 0 fully saturated rings. The summed E-state index contributed by atoms with van der Waals surface area (Å²) in [5.74, 6) is -0.900. The molecule has 1 aromatic heterocycles. The molecule has 0 aliphatic rings. The third kappa shape index (κ3) is 2.16. The molecular weight excluding hydrogens is 252 g/mol. The number of rotatable bonds is 3. The van der Waals surface area contributed by atoms with Crippen LogP contribution in [0.2, 0.25) is 0 Å². The van der Waals surface area contributed by atoms with Crippen molar-refractivity contribution in [3.8, 4) is 0 Å². The molecule has 3 aromatic rings. The third-order valence-corrected chi connectivity index (χ3v) is 3.57. The van der Waals surface area contributed by atoms with Crippen LogP contribution in [0.3, 0.4) is 0 Å². The van der Waals surface area contributed by atoms with Crippen molar-refractivity contribution in [2.24, 2.45) is 0 Å². The number of hydrogen-bond acceptors (Lipinski definition) is 2. The Morgan fingerprint density at radius 1 is 1.20 bits per heavy atom. The normalized spacial score (nSPS) is 12.4. The van der Waals surface area contributed by atoms with Crippen molar-refractivity contribution in [2.75, 3.05) is 0 Å². The highest BCUT2D eigenvalue weighted by molar-refractivity contribution is 5.94. The Bertz CT molecular complexity index is 763. The van der Waals surface area contributed by atoms with Crippen LogP contribution in [0.4, 0.5) is 0 Å². The van der Waals surface area contributed by atoms with Gasteiger partial charge in [-0.25, -0.2) is 9.78 Å². The number of aromatic carboxylic acids is 1. The molecule has 0 saturated heterocycles. The third-order valence-electron chi connectivity index (χ3n) is 3.57. The topological polar surface area (TPSA) is 55.1 Å². The van der Waals surface area contributed by atoms with Gasteiger partial charge in [-0.15, -0.1) is 0 Å². The van der Waals surface area contributed by atoms with Crippen LogP contribution in [0, 0.1) is 0 Å². The van der Waals surface area contributed by atoms with Crippen molar-refractivity contribution in [1.29, 1.82) is 0 Å². The van der Waals surface area contributed by atoms with E-state index in [0.29, 0.717) is 5.56 Å². The molecular formula is C16H14N2O2. The van der Waals surface area contributed by atoms with Crippen molar-refractivity contribution in [3.05, 3.63) is 66.2 Å². The first-order valence-corrected chi connectivity index (χ1v) is 6.39. The van der Waals surface area contributed by atoms with E-state index in [1.807, 2.05) is 29.0 Å². The monoisotopic (exact) mass is 266 g/mol. The van der Waals surface area contributed by atoms with Crippen LogP contribution in [0.25, 0.3) is 10.8 Å². The highest BCUT2D eigenvalue weighted by Gasteiger charge is 2.09. The fourth-order valence-corrected chi connectivity index (χ4v) is 2.33. The van der Waals surface area contributed by atoms with Gasteiger partial charge in [0, 0.05) is 12.4 Å². The molecule has 2 aromatic carbocycles. The standard InChI is InChI=1S/C16H14N2O2/c1-11(18-7-6-17-10-18)12-2-3-14-9-15(16(19)20)5-4-13(14)8-12/h2-11H,1H3,(H,19,20). The molecule has 1 N–H and O–H groups in total. The van der Waals surface area contributed by atoms with E-state index in [-0.39, 0.29) is 6.04 Å². The maximum Gasteiger partial charge on any atom is 0.335 e. The van der Waals surface area contributed by atoms with Gasteiger partial charge in [-0.1, -0.05) is 18.2 Å². The summed E-state index contributed by atoms with van der Waals surface area (Å²) in [5, 5.41) is 11.0. The number of fused-ring (bicyclic) bond motifs is 1. The smallest absolute Gasteiger partial charge is 0.335 e. The van der Waals surface area contributed by atoms with Crippen LogP contribution in [0.1, 0.15) is 28.9 Å². The summed E-state index contributed by atoms with van der Waals surface area (Å²) in [4.78, 5) is 15.0. The Kier molecular flexibility index (Phi) is 2.99. The maximum absolute atomic E-state index is 11.0. The van der Waals surface area contributed by atoms with E-state index in [4.69, 9.17) is 5.11 Å². The Morgan fingerprint density at radius 2 is 1.95 bits per heavy atom. The molecule has 0 radical (unpaired) electrons. The number of aromatic nitrogens is 2. The van der Waals surface area contributed by atoms with E-state index < -0.39 is 5.97 Å². The highest BCUT2D eigenvalue weighted by atomic mass is 16.4. The summed E-state index contributed by atoms with van der Waals surface area (Å²) in [5.41, 5.74) is 1.48. The van der Waals surface area contributed by atoms with E-state index in [9.17, 15) is 4.79 Å². The lowest BCUT2D eigenvalue weighted by molar-refractivity contribution is 0.0697. The minimum atomic E-state index is -0.900. The number of imidazole rings is 1. The van der Waals surface area contributed by atoms with Gasteiger partial charge in [0.25, 0.3) is 0 Å². The number of carbonyl (C=O) groups is 1. The fourth-order valence-electron chi connectivity index (χ4n) is 2.33. The maximum atomic E-state index is 11.0. The molecule has 100 valence electrons. The molecule has 0 bridgehead atoms. The number of nitrogens with zero attached hydrogens (tertiary/aromatic N) is 2. The zero-order valence-electron chi connectivity index (χ0n) is 11.0. The average molecular weight is 266 g/mol. The van der Waals surface area contributed by atoms with Crippen LogP contribution in [0.5, 0.6) is 0 Å². The van der Waals surface area contributed by atoms with Crippen LogP contribution in [-0.2, 0) is 0 Å². The number of carboxylic acids is 1. The first kappa shape index (κ1) is 12.4. The van der Waals surface area contributed by atoms with Gasteiger partial charge < -0.3 is 9.67 Å². The largest absolute Gasteiger partial charge is 0.478 e. The van der Waals surface area contributed by atoms with Gasteiger partial charge in [0.1, 0.15) is 0 Å². The number of benzene rings is 2. The number of carboxylic acid groups (broad SMARTS) is 1. The SMILES string of the molecule is CC(c1ccc2cc(C(=O)O)ccc2c1)n1ccnc1. The molecule has 1 heterocycles. The Morgan fingerprint density at radius 3 is 2.65 bits per heavy atom. The van der Waals surface area contributed by atoms with Gasteiger partial charge in [0.15, 0.2) is 0 Å². The molecule has 20 heavy (non-hydrogen) atoms. The summed E-state index contributed by atoms with van der Waals surface area (Å²) in [6, 6.07) is 11.5. The second-order valence-corrected chi connectivity index (χ2v) is 4.81. The lowest BCUT2D eigenvalue weighted by Gasteiger charge is -2.14. The van der Waals surface area contributed by atoms with E-state index in [0.717, 1.165) is 10.8 Å². The zero-order chi connectivity index (χ0) is 14.1. The predicted octanol–water partition coefficient (Wildman–Crippen LogP) is 3.34. The fraction of sp³-hybridized carbons (Fsp3) is 0.125. The van der Waals surface area contributed by atoms with Gasteiger partial charge in [-0.2, -0.15) is 0 Å². The summed E-state index contributed by atoms with van der Waals surface area (Å²) < 4.78 is 2.03. The van der Waals surface area contributed by atoms with Crippen LogP contribution in [-0.4, -0.2) is 20.6 Å². The first-order valence-electron chi connectivity index (χ1n) is 6.39. The van der Waals surface area contributed by atoms with Crippen LogP contribution < -0.4 is 0 Å². The average Bonchev–Trinajstić information content (AvgIpc) is 2.99. The van der Waals surface area contributed by atoms with E-state index in [1.54, 1.807) is 24.7 Å². The minimum absolute atomic E-state index is 0.195. The van der Waals surface area contributed by atoms with Crippen molar-refractivity contribution >= 4 is 16.7 Å². The molecule has 0 aliphatic carbocycles.